The molecule has 0 aliphatic rings. The van der Waals surface area contributed by atoms with E-state index in [2.05, 4.69) is 11.1 Å². The van der Waals surface area contributed by atoms with Crippen LogP contribution in [0.1, 0.15) is 10.6 Å². The maximum Gasteiger partial charge on any atom is 0.156 e. The smallest absolute Gasteiger partial charge is 0.156 e. The van der Waals surface area contributed by atoms with Crippen LogP contribution in [0.2, 0.25) is 0 Å². The van der Waals surface area contributed by atoms with Crippen LogP contribution in [0, 0.1) is 11.3 Å². The van der Waals surface area contributed by atoms with Crippen molar-refractivity contribution >= 4 is 44.2 Å². The van der Waals surface area contributed by atoms with Crippen LogP contribution in [-0.4, -0.2) is 14.8 Å². The lowest BCUT2D eigenvalue weighted by Gasteiger charge is -1.98. The summed E-state index contributed by atoms with van der Waals surface area (Å²) < 4.78 is 8.97. The van der Waals surface area contributed by atoms with E-state index < -0.39 is 0 Å². The molecule has 0 bridgehead atoms. The Morgan fingerprint density at radius 1 is 0.970 bits per heavy atom. The van der Waals surface area contributed by atoms with Crippen LogP contribution >= 0.6 is 11.3 Å². The molecular formula is C27H16N4OS. The van der Waals surface area contributed by atoms with E-state index in [1.54, 1.807) is 0 Å². The minimum absolute atomic E-state index is 0.487. The number of fused-ring (bicyclic) bond motifs is 2. The number of thiazole rings is 1. The number of benzene rings is 3. The van der Waals surface area contributed by atoms with Crippen LogP contribution in [0.3, 0.4) is 0 Å². The van der Waals surface area contributed by atoms with E-state index in [-0.39, 0.29) is 0 Å². The second-order valence-corrected chi connectivity index (χ2v) is 8.55. The predicted molar refractivity (Wildman–Crippen MR) is 132 cm³/mol. The van der Waals surface area contributed by atoms with Crippen molar-refractivity contribution in [2.75, 3.05) is 0 Å². The first-order valence-electron chi connectivity index (χ1n) is 10.4. The van der Waals surface area contributed by atoms with Gasteiger partial charge in [-0.15, -0.1) is 11.3 Å². The largest absolute Gasteiger partial charge is 0.454 e. The lowest BCUT2D eigenvalue weighted by molar-refractivity contribution is 0.627. The average molecular weight is 445 g/mol. The van der Waals surface area contributed by atoms with Crippen molar-refractivity contribution in [2.45, 2.75) is 0 Å². The molecule has 0 aliphatic heterocycles. The molecular weight excluding hydrogens is 428 g/mol. The van der Waals surface area contributed by atoms with Crippen LogP contribution in [-0.2, 0) is 0 Å². The van der Waals surface area contributed by atoms with E-state index in [0.717, 1.165) is 32.4 Å². The molecule has 156 valence electrons. The van der Waals surface area contributed by atoms with Gasteiger partial charge in [0.25, 0.3) is 0 Å². The molecule has 0 unspecified atom stereocenters. The molecule has 0 N–H and O–H groups in total. The van der Waals surface area contributed by atoms with E-state index in [1.807, 2.05) is 102 Å². The van der Waals surface area contributed by atoms with Gasteiger partial charge >= 0.3 is 0 Å². The highest BCUT2D eigenvalue weighted by molar-refractivity contribution is 7.19. The Morgan fingerprint density at radius 2 is 1.76 bits per heavy atom. The number of nitrogens with zero attached hydrogens (tertiary/aromatic N) is 4. The minimum atomic E-state index is 0.487. The third-order valence-electron chi connectivity index (χ3n) is 5.37. The molecule has 3 aromatic carbocycles. The van der Waals surface area contributed by atoms with Crippen LogP contribution in [0.15, 0.2) is 95.5 Å². The fourth-order valence-electron chi connectivity index (χ4n) is 3.78. The Bertz CT molecular complexity index is 1620. The van der Waals surface area contributed by atoms with E-state index in [9.17, 15) is 5.26 Å². The highest BCUT2D eigenvalue weighted by atomic mass is 32.1. The minimum Gasteiger partial charge on any atom is -0.454 e. The topological polar surface area (TPSA) is 67.6 Å². The zero-order chi connectivity index (χ0) is 22.2. The molecule has 6 aromatic rings. The van der Waals surface area contributed by atoms with Gasteiger partial charge in [0.2, 0.25) is 0 Å². The fraction of sp³-hybridized carbons (Fsp3) is 0. The molecule has 0 saturated carbocycles. The van der Waals surface area contributed by atoms with Crippen molar-refractivity contribution in [3.8, 4) is 23.2 Å². The molecule has 3 aromatic heterocycles. The van der Waals surface area contributed by atoms with Crippen molar-refractivity contribution in [3.05, 3.63) is 102 Å². The van der Waals surface area contributed by atoms with Crippen molar-refractivity contribution in [1.29, 1.82) is 5.26 Å². The molecule has 6 rings (SSSR count). The van der Waals surface area contributed by atoms with Gasteiger partial charge in [0, 0.05) is 17.1 Å². The number of hydrogen-bond donors (Lipinski definition) is 0. The molecule has 0 aliphatic carbocycles. The van der Waals surface area contributed by atoms with Crippen LogP contribution in [0.25, 0.3) is 50.0 Å². The lowest BCUT2D eigenvalue weighted by Crippen LogP contribution is -1.93. The number of nitriles is 1. The summed E-state index contributed by atoms with van der Waals surface area (Å²) in [4.78, 5) is 4.66. The van der Waals surface area contributed by atoms with Crippen molar-refractivity contribution < 1.29 is 4.42 Å². The second kappa shape index (κ2) is 7.90. The van der Waals surface area contributed by atoms with Crippen LogP contribution < -0.4 is 0 Å². The zero-order valence-corrected chi connectivity index (χ0v) is 18.2. The van der Waals surface area contributed by atoms with Gasteiger partial charge in [0.15, 0.2) is 5.76 Å². The van der Waals surface area contributed by atoms with Gasteiger partial charge in [-0.2, -0.15) is 10.4 Å². The Kier molecular flexibility index (Phi) is 4.60. The van der Waals surface area contributed by atoms with Gasteiger partial charge in [0.1, 0.15) is 22.4 Å². The Morgan fingerprint density at radius 3 is 2.58 bits per heavy atom. The van der Waals surface area contributed by atoms with Gasteiger partial charge in [0.05, 0.1) is 21.5 Å². The van der Waals surface area contributed by atoms with Gasteiger partial charge in [-0.3, -0.25) is 0 Å². The maximum absolute atomic E-state index is 9.96. The Hall–Kier alpha value is -4.47. The molecule has 5 nitrogen and oxygen atoms in total. The lowest BCUT2D eigenvalue weighted by atomic mass is 10.1. The summed E-state index contributed by atoms with van der Waals surface area (Å²) in [6, 6.07) is 29.9. The number of aromatic nitrogens is 3. The SMILES string of the molecule is N#C/C(=C/c1cn(-c2ccccc2)nc1-c1cc2ccccc2o1)c1nc2ccccc2s1. The quantitative estimate of drug-likeness (QED) is 0.276. The third-order valence-corrected chi connectivity index (χ3v) is 6.44. The predicted octanol–water partition coefficient (Wildman–Crippen LogP) is 6.96. The van der Waals surface area contributed by atoms with Crippen LogP contribution in [0.5, 0.6) is 0 Å². The first-order chi connectivity index (χ1) is 16.3. The summed E-state index contributed by atoms with van der Waals surface area (Å²) >= 11 is 1.51. The van der Waals surface area contributed by atoms with Crippen molar-refractivity contribution in [1.82, 2.24) is 14.8 Å². The summed E-state index contributed by atoms with van der Waals surface area (Å²) in [7, 11) is 0. The highest BCUT2D eigenvalue weighted by Gasteiger charge is 2.17. The highest BCUT2D eigenvalue weighted by Crippen LogP contribution is 2.33. The first-order valence-corrected chi connectivity index (χ1v) is 11.2. The normalized spacial score (nSPS) is 11.8. The van der Waals surface area contributed by atoms with E-state index >= 15 is 0 Å². The average Bonchev–Trinajstić information content (AvgIpc) is 3.59. The first kappa shape index (κ1) is 19.2. The summed E-state index contributed by atoms with van der Waals surface area (Å²) in [5.74, 6) is 0.652. The molecule has 0 amide bonds. The van der Waals surface area contributed by atoms with Gasteiger partial charge < -0.3 is 4.42 Å². The molecule has 0 radical (unpaired) electrons. The van der Waals surface area contributed by atoms with Gasteiger partial charge in [-0.1, -0.05) is 48.5 Å². The van der Waals surface area contributed by atoms with Gasteiger partial charge in [-0.25, -0.2) is 9.67 Å². The number of para-hydroxylation sites is 3. The Balaban J connectivity index is 1.53. The summed E-state index contributed by atoms with van der Waals surface area (Å²) in [6.07, 6.45) is 3.76. The molecule has 0 saturated heterocycles. The number of rotatable bonds is 4. The maximum atomic E-state index is 9.96. The molecule has 0 atom stereocenters. The van der Waals surface area contributed by atoms with E-state index in [1.165, 1.54) is 11.3 Å². The van der Waals surface area contributed by atoms with Crippen LogP contribution in [0.4, 0.5) is 0 Å². The van der Waals surface area contributed by atoms with E-state index in [4.69, 9.17) is 9.52 Å². The second-order valence-electron chi connectivity index (χ2n) is 7.52. The number of allylic oxidation sites excluding steroid dienone is 1. The molecule has 6 heteroatoms. The van der Waals surface area contributed by atoms with E-state index in [0.29, 0.717) is 22.0 Å². The number of hydrogen-bond acceptors (Lipinski definition) is 5. The monoisotopic (exact) mass is 444 g/mol. The fourth-order valence-corrected chi connectivity index (χ4v) is 4.71. The molecule has 3 heterocycles. The molecule has 33 heavy (non-hydrogen) atoms. The third kappa shape index (κ3) is 3.51. The Labute approximate surface area is 193 Å². The summed E-state index contributed by atoms with van der Waals surface area (Å²) in [6.45, 7) is 0. The standard InChI is InChI=1S/C27H16N4OS/c28-16-19(27-29-22-11-5-7-13-25(22)33-27)14-20-17-31(21-9-2-1-3-10-21)30-26(20)24-15-18-8-4-6-12-23(18)32-24/h1-15,17H/b19-14-. The zero-order valence-electron chi connectivity index (χ0n) is 17.3. The molecule has 0 fully saturated rings. The van der Waals surface area contributed by atoms with Crippen molar-refractivity contribution in [3.63, 3.8) is 0 Å². The van der Waals surface area contributed by atoms with Crippen molar-refractivity contribution in [2.24, 2.45) is 0 Å². The number of furan rings is 1. The summed E-state index contributed by atoms with van der Waals surface area (Å²) in [5, 5.41) is 16.5. The molecule has 0 spiro atoms. The summed E-state index contributed by atoms with van der Waals surface area (Å²) in [5.41, 5.74) is 4.55. The van der Waals surface area contributed by atoms with Gasteiger partial charge in [-0.05, 0) is 42.5 Å².